The zero-order valence-corrected chi connectivity index (χ0v) is 34.3. The fourth-order valence-electron chi connectivity index (χ4n) is 6.45. The Morgan fingerprint density at radius 2 is 1.49 bits per heavy atom. The standard InChI is InChI=1S/C36H62N10O10S/c1-19(2)14-22(15-27(48)46-56)34(53)44-30(20(3)4)35(54)41-21(5)33(52)40-16-28(49)39-17-29(50)42-23(32(37)51)10-8-9-13-38-26(47)12-7-6-11-25-31-24(18-57-25)43-36(55)45-31/h19-25,30-31,56H,6-18H2,1-5H3,(H2,37,51)(H,38,47)(H,39,49)(H,40,52)(H,41,54)(H,42,50)(H,44,53)(H,46,48)(H2,43,45,55)/t21-,22?,23-,24-,25-,30-,31-/m0/s1. The molecule has 322 valence electrons. The summed E-state index contributed by atoms with van der Waals surface area (Å²) < 4.78 is 0. The van der Waals surface area contributed by atoms with Crippen molar-refractivity contribution in [3.63, 3.8) is 0 Å². The molecule has 57 heavy (non-hydrogen) atoms. The molecule has 21 heteroatoms. The summed E-state index contributed by atoms with van der Waals surface area (Å²) in [4.78, 5) is 111. The van der Waals surface area contributed by atoms with Gasteiger partial charge in [-0.15, -0.1) is 0 Å². The zero-order valence-electron chi connectivity index (χ0n) is 33.5. The molecule has 0 spiro atoms. The number of unbranched alkanes of at least 4 members (excludes halogenated alkanes) is 2. The number of thioether (sulfide) groups is 1. The van der Waals surface area contributed by atoms with Crippen LogP contribution in [0.2, 0.25) is 0 Å². The highest BCUT2D eigenvalue weighted by atomic mass is 32.2. The van der Waals surface area contributed by atoms with Crippen molar-refractivity contribution in [2.24, 2.45) is 23.5 Å². The molecule has 0 aliphatic carbocycles. The van der Waals surface area contributed by atoms with Crippen LogP contribution in [0.15, 0.2) is 0 Å². The van der Waals surface area contributed by atoms with Crippen LogP contribution in [-0.2, 0) is 38.4 Å². The van der Waals surface area contributed by atoms with Crippen LogP contribution in [0.5, 0.6) is 0 Å². The van der Waals surface area contributed by atoms with Crippen LogP contribution in [0.4, 0.5) is 4.79 Å². The predicted octanol–water partition coefficient (Wildman–Crippen LogP) is -1.60. The lowest BCUT2D eigenvalue weighted by Gasteiger charge is -2.26. The van der Waals surface area contributed by atoms with Gasteiger partial charge < -0.3 is 48.3 Å². The van der Waals surface area contributed by atoms with E-state index in [1.807, 2.05) is 25.6 Å². The molecule has 7 atom stereocenters. The largest absolute Gasteiger partial charge is 0.368 e. The maximum absolute atomic E-state index is 13.0. The summed E-state index contributed by atoms with van der Waals surface area (Å²) in [6.07, 6.45) is 4.21. The summed E-state index contributed by atoms with van der Waals surface area (Å²) in [6.45, 7) is 7.85. The molecule has 2 heterocycles. The SMILES string of the molecule is CC(C)CC(CC(=O)NO)C(=O)N[C@H](C(=O)N[C@@H](C)C(=O)NCC(=O)NCC(=O)N[C@@H](CCCCNC(=O)CCCC[C@@H]1SC[C@@H]2NC(=O)N[C@@H]21)C(N)=O)C(C)C. The second-order valence-electron chi connectivity index (χ2n) is 15.3. The summed E-state index contributed by atoms with van der Waals surface area (Å²) >= 11 is 1.84. The van der Waals surface area contributed by atoms with Crippen molar-refractivity contribution in [2.45, 2.75) is 128 Å². The van der Waals surface area contributed by atoms with E-state index in [2.05, 4.69) is 42.5 Å². The van der Waals surface area contributed by atoms with Crippen molar-refractivity contribution < 1.29 is 48.4 Å². The van der Waals surface area contributed by atoms with E-state index < -0.39 is 84.4 Å². The number of hydrogen-bond donors (Lipinski definition) is 11. The first-order chi connectivity index (χ1) is 26.9. The summed E-state index contributed by atoms with van der Waals surface area (Å²) in [5, 5.41) is 30.3. The van der Waals surface area contributed by atoms with Gasteiger partial charge in [-0.3, -0.25) is 43.6 Å². The fraction of sp³-hybridized carbons (Fsp3) is 0.750. The van der Waals surface area contributed by atoms with Gasteiger partial charge in [0, 0.05) is 36.3 Å². The van der Waals surface area contributed by atoms with E-state index in [-0.39, 0.29) is 42.8 Å². The predicted molar refractivity (Wildman–Crippen MR) is 210 cm³/mol. The maximum atomic E-state index is 13.0. The Hall–Kier alpha value is -4.66. The third-order valence-corrected chi connectivity index (χ3v) is 11.1. The van der Waals surface area contributed by atoms with Gasteiger partial charge in [-0.25, -0.2) is 10.3 Å². The van der Waals surface area contributed by atoms with Crippen LogP contribution >= 0.6 is 11.8 Å². The lowest BCUT2D eigenvalue weighted by molar-refractivity contribution is -0.137. The summed E-state index contributed by atoms with van der Waals surface area (Å²) in [7, 11) is 0. The molecule has 2 aliphatic rings. The summed E-state index contributed by atoms with van der Waals surface area (Å²) in [5.74, 6) is -5.17. The van der Waals surface area contributed by atoms with Gasteiger partial charge in [0.15, 0.2) is 0 Å². The number of amides is 10. The van der Waals surface area contributed by atoms with Gasteiger partial charge in [0.1, 0.15) is 18.1 Å². The van der Waals surface area contributed by atoms with Gasteiger partial charge in [0.25, 0.3) is 0 Å². The number of nitrogens with one attached hydrogen (secondary N) is 9. The monoisotopic (exact) mass is 826 g/mol. The average Bonchev–Trinajstić information content (AvgIpc) is 3.70. The van der Waals surface area contributed by atoms with Crippen LogP contribution in [0.3, 0.4) is 0 Å². The number of hydroxylamine groups is 1. The Morgan fingerprint density at radius 1 is 0.789 bits per heavy atom. The third-order valence-electron chi connectivity index (χ3n) is 9.55. The third kappa shape index (κ3) is 18.0. The highest BCUT2D eigenvalue weighted by Crippen LogP contribution is 2.33. The van der Waals surface area contributed by atoms with Gasteiger partial charge in [-0.1, -0.05) is 34.1 Å². The highest BCUT2D eigenvalue weighted by Gasteiger charge is 2.42. The van der Waals surface area contributed by atoms with E-state index in [4.69, 9.17) is 10.9 Å². The molecule has 12 N–H and O–H groups in total. The topological polar surface area (TPSA) is 308 Å². The smallest absolute Gasteiger partial charge is 0.315 e. The second kappa shape index (κ2) is 24.9. The van der Waals surface area contributed by atoms with Gasteiger partial charge >= 0.3 is 6.03 Å². The molecular formula is C36H62N10O10S. The Kier molecular flexibility index (Phi) is 21.1. The van der Waals surface area contributed by atoms with E-state index in [1.54, 1.807) is 13.8 Å². The van der Waals surface area contributed by atoms with E-state index in [9.17, 15) is 43.2 Å². The lowest BCUT2D eigenvalue weighted by atomic mass is 9.92. The number of urea groups is 1. The molecule has 0 aromatic rings. The van der Waals surface area contributed by atoms with Crippen LogP contribution in [-0.4, -0.2) is 119 Å². The number of hydrogen-bond acceptors (Lipinski definition) is 11. The minimum atomic E-state index is -1.11. The molecule has 2 aliphatic heterocycles. The average molecular weight is 827 g/mol. The molecule has 1 unspecified atom stereocenters. The second-order valence-corrected chi connectivity index (χ2v) is 16.5. The molecule has 0 aromatic carbocycles. The zero-order chi connectivity index (χ0) is 42.7. The van der Waals surface area contributed by atoms with Crippen molar-refractivity contribution in [1.29, 1.82) is 0 Å². The number of nitrogens with two attached hydrogens (primary N) is 1. The lowest BCUT2D eigenvalue weighted by Crippen LogP contribution is -2.56. The molecule has 0 aromatic heterocycles. The minimum absolute atomic E-state index is 0.0460. The van der Waals surface area contributed by atoms with Crippen molar-refractivity contribution in [2.75, 3.05) is 25.4 Å². The molecule has 10 amide bonds. The van der Waals surface area contributed by atoms with Crippen LogP contribution in [0.25, 0.3) is 0 Å². The number of carbonyl (C=O) groups is 9. The van der Waals surface area contributed by atoms with Gasteiger partial charge in [-0.2, -0.15) is 11.8 Å². The molecule has 20 nitrogen and oxygen atoms in total. The summed E-state index contributed by atoms with van der Waals surface area (Å²) in [6, 6.07) is -2.96. The van der Waals surface area contributed by atoms with E-state index in [0.717, 1.165) is 25.0 Å². The molecule has 0 saturated carbocycles. The van der Waals surface area contributed by atoms with Crippen LogP contribution in [0, 0.1) is 17.8 Å². The quantitative estimate of drug-likeness (QED) is 0.0204. The van der Waals surface area contributed by atoms with Crippen molar-refractivity contribution >= 4 is 65.1 Å². The molecular weight excluding hydrogens is 765 g/mol. The van der Waals surface area contributed by atoms with Crippen LogP contribution < -0.4 is 53.7 Å². The van der Waals surface area contributed by atoms with E-state index >= 15 is 0 Å². The minimum Gasteiger partial charge on any atom is -0.368 e. The first-order valence-electron chi connectivity index (χ1n) is 19.5. The number of rotatable bonds is 26. The van der Waals surface area contributed by atoms with E-state index in [0.29, 0.717) is 37.5 Å². The Bertz CT molecular complexity index is 1430. The van der Waals surface area contributed by atoms with Gasteiger partial charge in [0.05, 0.1) is 25.2 Å². The molecule has 2 rings (SSSR count). The molecule has 0 radical (unpaired) electrons. The molecule has 0 bridgehead atoms. The Morgan fingerprint density at radius 3 is 2.14 bits per heavy atom. The Balaban J connectivity index is 1.64. The maximum Gasteiger partial charge on any atom is 0.315 e. The van der Waals surface area contributed by atoms with Gasteiger partial charge in [0.2, 0.25) is 47.3 Å². The highest BCUT2D eigenvalue weighted by molar-refractivity contribution is 8.00. The first kappa shape index (κ1) is 48.5. The Labute approximate surface area is 337 Å². The van der Waals surface area contributed by atoms with Crippen molar-refractivity contribution in [3.8, 4) is 0 Å². The first-order valence-corrected chi connectivity index (χ1v) is 20.6. The van der Waals surface area contributed by atoms with Gasteiger partial charge in [-0.05, 0) is 57.3 Å². The van der Waals surface area contributed by atoms with Crippen LogP contribution in [0.1, 0.15) is 92.4 Å². The summed E-state index contributed by atoms with van der Waals surface area (Å²) in [5.41, 5.74) is 6.96. The fourth-order valence-corrected chi connectivity index (χ4v) is 8.00. The van der Waals surface area contributed by atoms with Crippen molar-refractivity contribution in [3.05, 3.63) is 0 Å². The van der Waals surface area contributed by atoms with Crippen molar-refractivity contribution in [1.82, 2.24) is 48.0 Å². The van der Waals surface area contributed by atoms with E-state index in [1.165, 1.54) is 12.4 Å². The number of fused-ring (bicyclic) bond motifs is 1. The number of carbonyl (C=O) groups excluding carboxylic acids is 9. The molecule has 2 fully saturated rings. The number of primary amides is 1. The molecule has 2 saturated heterocycles. The normalized spacial score (nSPS) is 19.2.